The highest BCUT2D eigenvalue weighted by Gasteiger charge is 2.44. The molecule has 3 atom stereocenters. The molecule has 6 heteroatoms. The number of hydrogen-bond acceptors (Lipinski definition) is 4. The van der Waals surface area contributed by atoms with Crippen LogP contribution in [0.3, 0.4) is 0 Å². The smallest absolute Gasteiger partial charge is 0.234 e. The van der Waals surface area contributed by atoms with Gasteiger partial charge in [-0.1, -0.05) is 31.0 Å². The van der Waals surface area contributed by atoms with E-state index >= 15 is 0 Å². The normalized spacial score (nSPS) is 26.0. The molecule has 2 aliphatic rings. The molecule has 6 nitrogen and oxygen atoms in total. The molecule has 2 amide bonds. The summed E-state index contributed by atoms with van der Waals surface area (Å²) in [6.07, 6.45) is 5.34. The van der Waals surface area contributed by atoms with E-state index in [0.29, 0.717) is 18.5 Å². The zero-order chi connectivity index (χ0) is 17.8. The van der Waals surface area contributed by atoms with Gasteiger partial charge in [-0.2, -0.15) is 0 Å². The highest BCUT2D eigenvalue weighted by Crippen LogP contribution is 2.39. The number of likely N-dealkylation sites (tertiary alicyclic amines) is 1. The summed E-state index contributed by atoms with van der Waals surface area (Å²) in [5, 5.41) is 2.94. The predicted octanol–water partition coefficient (Wildman–Crippen LogP) is 1.43. The van der Waals surface area contributed by atoms with Gasteiger partial charge in [-0.25, -0.2) is 0 Å². The van der Waals surface area contributed by atoms with E-state index in [1.807, 2.05) is 29.2 Å². The number of hydrogen-bond donors (Lipinski definition) is 2. The van der Waals surface area contributed by atoms with Gasteiger partial charge < -0.3 is 15.8 Å². The number of nitrogens with zero attached hydrogens (tertiary/aromatic N) is 1. The van der Waals surface area contributed by atoms with Gasteiger partial charge in [-0.05, 0) is 31.2 Å². The maximum absolute atomic E-state index is 12.5. The monoisotopic (exact) mass is 345 g/mol. The highest BCUT2D eigenvalue weighted by atomic mass is 16.5. The van der Waals surface area contributed by atoms with Crippen LogP contribution in [0.1, 0.15) is 37.7 Å². The summed E-state index contributed by atoms with van der Waals surface area (Å²) in [7, 11) is 1.62. The number of carbonyl (C=O) groups excluding carboxylic acids is 2. The molecule has 1 saturated heterocycles. The molecule has 1 saturated carbocycles. The summed E-state index contributed by atoms with van der Waals surface area (Å²) in [4.78, 5) is 26.3. The van der Waals surface area contributed by atoms with Gasteiger partial charge in [0.25, 0.3) is 0 Å². The van der Waals surface area contributed by atoms with E-state index in [9.17, 15) is 9.59 Å². The first-order chi connectivity index (χ1) is 12.1. The first-order valence-electron chi connectivity index (χ1n) is 9.03. The fourth-order valence-corrected chi connectivity index (χ4v) is 4.32. The van der Waals surface area contributed by atoms with Crippen LogP contribution in [0, 0.1) is 5.92 Å². The fourth-order valence-electron chi connectivity index (χ4n) is 4.32. The molecule has 136 valence electrons. The van der Waals surface area contributed by atoms with Crippen molar-refractivity contribution in [1.29, 1.82) is 0 Å². The maximum Gasteiger partial charge on any atom is 0.234 e. The molecule has 3 N–H and O–H groups in total. The zero-order valence-electron chi connectivity index (χ0n) is 14.7. The number of amides is 2. The van der Waals surface area contributed by atoms with E-state index in [-0.39, 0.29) is 24.4 Å². The molecule has 1 heterocycles. The van der Waals surface area contributed by atoms with Crippen molar-refractivity contribution in [2.75, 3.05) is 13.7 Å². The van der Waals surface area contributed by atoms with Gasteiger partial charge in [0.15, 0.2) is 0 Å². The number of methoxy groups -OCH3 is 1. The lowest BCUT2D eigenvalue weighted by molar-refractivity contribution is -0.126. The Hall–Kier alpha value is -2.08. The van der Waals surface area contributed by atoms with Crippen LogP contribution >= 0.6 is 0 Å². The Balaban J connectivity index is 1.61. The molecule has 0 aromatic heterocycles. The van der Waals surface area contributed by atoms with Gasteiger partial charge in [0.05, 0.1) is 19.7 Å². The van der Waals surface area contributed by atoms with Gasteiger partial charge >= 0.3 is 0 Å². The van der Waals surface area contributed by atoms with E-state index in [0.717, 1.165) is 37.0 Å². The van der Waals surface area contributed by atoms with Gasteiger partial charge in [-0.3, -0.25) is 14.5 Å². The minimum Gasteiger partial charge on any atom is -0.496 e. The number of para-hydroxylation sites is 1. The number of nitrogens with one attached hydrogen (secondary N) is 1. The minimum absolute atomic E-state index is 0.0802. The third-order valence-electron chi connectivity index (χ3n) is 5.54. The number of benzene rings is 1. The van der Waals surface area contributed by atoms with E-state index in [2.05, 4.69) is 5.32 Å². The van der Waals surface area contributed by atoms with Crippen molar-refractivity contribution in [2.24, 2.45) is 11.7 Å². The summed E-state index contributed by atoms with van der Waals surface area (Å²) in [6, 6.07) is 7.61. The second-order valence-corrected chi connectivity index (χ2v) is 7.03. The first-order valence-corrected chi connectivity index (χ1v) is 9.03. The Morgan fingerprint density at radius 3 is 2.80 bits per heavy atom. The number of nitrogens with two attached hydrogens (primary N) is 1. The van der Waals surface area contributed by atoms with Crippen LogP contribution in [-0.2, 0) is 16.1 Å². The minimum atomic E-state index is -0.315. The van der Waals surface area contributed by atoms with Crippen molar-refractivity contribution in [3.63, 3.8) is 0 Å². The van der Waals surface area contributed by atoms with Crippen LogP contribution in [0.2, 0.25) is 0 Å². The molecular weight excluding hydrogens is 318 g/mol. The number of primary amides is 1. The maximum atomic E-state index is 12.5. The zero-order valence-corrected chi connectivity index (χ0v) is 14.7. The third kappa shape index (κ3) is 3.95. The summed E-state index contributed by atoms with van der Waals surface area (Å²) < 4.78 is 5.31. The largest absolute Gasteiger partial charge is 0.496 e. The lowest BCUT2D eigenvalue weighted by Crippen LogP contribution is -2.49. The molecule has 0 spiro atoms. The lowest BCUT2D eigenvalue weighted by atomic mass is 9.84. The van der Waals surface area contributed by atoms with Crippen LogP contribution in [0.5, 0.6) is 5.75 Å². The molecule has 1 aromatic rings. The topological polar surface area (TPSA) is 84.7 Å². The second kappa shape index (κ2) is 7.87. The second-order valence-electron chi connectivity index (χ2n) is 7.03. The summed E-state index contributed by atoms with van der Waals surface area (Å²) in [5.74, 6) is 0.856. The molecule has 25 heavy (non-hydrogen) atoms. The van der Waals surface area contributed by atoms with Crippen LogP contribution < -0.4 is 15.8 Å². The molecule has 0 bridgehead atoms. The highest BCUT2D eigenvalue weighted by molar-refractivity contribution is 5.83. The van der Waals surface area contributed by atoms with Crippen molar-refractivity contribution in [1.82, 2.24) is 10.2 Å². The van der Waals surface area contributed by atoms with Crippen molar-refractivity contribution in [3.05, 3.63) is 29.8 Å². The average Bonchev–Trinajstić information content (AvgIpc) is 2.99. The van der Waals surface area contributed by atoms with Crippen molar-refractivity contribution < 1.29 is 14.3 Å². The van der Waals surface area contributed by atoms with E-state index < -0.39 is 0 Å². The Labute approximate surface area is 148 Å². The van der Waals surface area contributed by atoms with E-state index in [4.69, 9.17) is 10.5 Å². The van der Waals surface area contributed by atoms with Gasteiger partial charge in [0, 0.05) is 18.2 Å². The number of rotatable bonds is 6. The van der Waals surface area contributed by atoms with Crippen molar-refractivity contribution in [3.8, 4) is 5.75 Å². The van der Waals surface area contributed by atoms with Gasteiger partial charge in [-0.15, -0.1) is 0 Å². The van der Waals surface area contributed by atoms with Crippen LogP contribution in [0.15, 0.2) is 24.3 Å². The molecular formula is C19H27N3O3. The third-order valence-corrected chi connectivity index (χ3v) is 5.54. The summed E-state index contributed by atoms with van der Waals surface area (Å²) in [5.41, 5.74) is 6.52. The molecule has 2 fully saturated rings. The quantitative estimate of drug-likeness (QED) is 0.817. The Bertz CT molecular complexity index is 634. The SMILES string of the molecule is COc1ccccc1CNC(=O)CN1[C@H](C(N)=O)C[C@@H]2CCCC[C@@H]21. The lowest BCUT2D eigenvalue weighted by Gasteiger charge is -2.32. The molecule has 3 rings (SSSR count). The van der Waals surface area contributed by atoms with Crippen molar-refractivity contribution >= 4 is 11.8 Å². The van der Waals surface area contributed by atoms with E-state index in [1.165, 1.54) is 6.42 Å². The van der Waals surface area contributed by atoms with Crippen LogP contribution in [0.4, 0.5) is 0 Å². The molecule has 0 unspecified atom stereocenters. The molecule has 1 aliphatic heterocycles. The average molecular weight is 345 g/mol. The Morgan fingerprint density at radius 1 is 1.28 bits per heavy atom. The van der Waals surface area contributed by atoms with E-state index in [1.54, 1.807) is 7.11 Å². The fraction of sp³-hybridized carbons (Fsp3) is 0.579. The number of fused-ring (bicyclic) bond motifs is 1. The Morgan fingerprint density at radius 2 is 2.04 bits per heavy atom. The van der Waals surface area contributed by atoms with Crippen molar-refractivity contribution in [2.45, 2.75) is 50.7 Å². The number of ether oxygens (including phenoxy) is 1. The van der Waals surface area contributed by atoms with Crippen LogP contribution in [0.25, 0.3) is 0 Å². The van der Waals surface area contributed by atoms with Gasteiger partial charge in [0.2, 0.25) is 11.8 Å². The standard InChI is InChI=1S/C19H27N3O3/c1-25-17-9-5-3-7-14(17)11-21-18(23)12-22-15-8-4-2-6-13(15)10-16(22)19(20)24/h3,5,7,9,13,15-16H,2,4,6,8,10-12H2,1H3,(H2,20,24)(H,21,23)/t13-,15-,16-/m0/s1. The molecule has 1 aromatic carbocycles. The predicted molar refractivity (Wildman–Crippen MR) is 94.9 cm³/mol. The molecule has 0 radical (unpaired) electrons. The van der Waals surface area contributed by atoms with Gasteiger partial charge in [0.1, 0.15) is 5.75 Å². The van der Waals surface area contributed by atoms with Crippen LogP contribution in [-0.4, -0.2) is 42.5 Å². The number of carbonyl (C=O) groups is 2. The summed E-state index contributed by atoms with van der Waals surface area (Å²) >= 11 is 0. The molecule has 1 aliphatic carbocycles. The Kier molecular flexibility index (Phi) is 5.58. The summed E-state index contributed by atoms with van der Waals surface area (Å²) in [6.45, 7) is 0.635. The first kappa shape index (κ1) is 17.7.